The van der Waals surface area contributed by atoms with Crippen molar-refractivity contribution in [2.24, 2.45) is 5.92 Å². The number of halogens is 2. The summed E-state index contributed by atoms with van der Waals surface area (Å²) in [6.45, 7) is 4.30. The molecule has 0 heterocycles. The highest BCUT2D eigenvalue weighted by atomic mass is 19.3. The second kappa shape index (κ2) is 3.48. The molecule has 1 fully saturated rings. The monoisotopic (exact) mass is 204 g/mol. The van der Waals surface area contributed by atoms with Crippen LogP contribution in [0.2, 0.25) is 0 Å². The van der Waals surface area contributed by atoms with Gasteiger partial charge in [-0.05, 0) is 6.92 Å². The van der Waals surface area contributed by atoms with Gasteiger partial charge in [-0.1, -0.05) is 6.58 Å². The first kappa shape index (κ1) is 10.8. The van der Waals surface area contributed by atoms with Gasteiger partial charge in [0.05, 0.1) is 5.92 Å². The smallest absolute Gasteiger partial charge is 0.333 e. The highest BCUT2D eigenvalue weighted by Crippen LogP contribution is 2.40. The quantitative estimate of drug-likeness (QED) is 0.514. The van der Waals surface area contributed by atoms with Gasteiger partial charge >= 0.3 is 11.9 Å². The Balaban J connectivity index is 2.38. The van der Waals surface area contributed by atoms with E-state index in [1.807, 2.05) is 0 Å². The van der Waals surface area contributed by atoms with Crippen LogP contribution >= 0.6 is 0 Å². The molecule has 0 aromatic carbocycles. The zero-order valence-electron chi connectivity index (χ0n) is 7.68. The molecule has 78 valence electrons. The van der Waals surface area contributed by atoms with Crippen LogP contribution in [0.4, 0.5) is 8.78 Å². The van der Waals surface area contributed by atoms with Gasteiger partial charge in [-0.2, -0.15) is 8.78 Å². The average molecular weight is 204 g/mol. The van der Waals surface area contributed by atoms with Crippen molar-refractivity contribution in [3.63, 3.8) is 0 Å². The van der Waals surface area contributed by atoms with Crippen molar-refractivity contribution in [2.45, 2.75) is 19.3 Å². The van der Waals surface area contributed by atoms with Crippen molar-refractivity contribution >= 4 is 11.8 Å². The molecule has 0 aromatic rings. The summed E-state index contributed by atoms with van der Waals surface area (Å²) < 4.78 is 29.9. The first-order valence-corrected chi connectivity index (χ1v) is 4.09. The molecule has 3 nitrogen and oxygen atoms in total. The number of hydrogen-bond acceptors (Lipinski definition) is 3. The van der Waals surface area contributed by atoms with Crippen LogP contribution in [-0.2, 0) is 14.3 Å². The number of carbonyl (C=O) groups is 2. The fourth-order valence-electron chi connectivity index (χ4n) is 1.05. The molecule has 1 saturated carbocycles. The second-order valence-electron chi connectivity index (χ2n) is 3.33. The fourth-order valence-corrected chi connectivity index (χ4v) is 1.05. The minimum absolute atomic E-state index is 0.152. The summed E-state index contributed by atoms with van der Waals surface area (Å²) >= 11 is 0. The number of hydrogen-bond donors (Lipinski definition) is 0. The summed E-state index contributed by atoms with van der Waals surface area (Å²) in [4.78, 5) is 21.3. The normalized spacial score (nSPS) is 23.9. The molecule has 1 atom stereocenters. The van der Waals surface area contributed by atoms with Crippen LogP contribution in [0.25, 0.3) is 0 Å². The molecule has 0 N–H and O–H groups in total. The van der Waals surface area contributed by atoms with E-state index in [9.17, 15) is 18.4 Å². The molecule has 1 aliphatic rings. The van der Waals surface area contributed by atoms with Gasteiger partial charge in [0.15, 0.2) is 0 Å². The lowest BCUT2D eigenvalue weighted by Crippen LogP contribution is -2.51. The summed E-state index contributed by atoms with van der Waals surface area (Å²) in [5.74, 6) is -6.29. The van der Waals surface area contributed by atoms with Crippen LogP contribution in [0, 0.1) is 5.92 Å². The zero-order chi connectivity index (χ0) is 10.9. The Morgan fingerprint density at radius 2 is 2.29 bits per heavy atom. The lowest BCUT2D eigenvalue weighted by atomic mass is 9.80. The molecule has 0 bridgehead atoms. The number of ether oxygens (including phenoxy) is 1. The van der Waals surface area contributed by atoms with E-state index in [-0.39, 0.29) is 12.0 Å². The van der Waals surface area contributed by atoms with Gasteiger partial charge < -0.3 is 4.74 Å². The Bertz CT molecular complexity index is 296. The minimum atomic E-state index is -3.32. The van der Waals surface area contributed by atoms with Crippen molar-refractivity contribution in [2.75, 3.05) is 6.61 Å². The van der Waals surface area contributed by atoms with E-state index in [1.54, 1.807) is 0 Å². The van der Waals surface area contributed by atoms with E-state index in [0.717, 1.165) is 0 Å². The molecule has 14 heavy (non-hydrogen) atoms. The molecule has 1 aliphatic carbocycles. The van der Waals surface area contributed by atoms with Gasteiger partial charge in [0, 0.05) is 12.0 Å². The van der Waals surface area contributed by atoms with E-state index in [2.05, 4.69) is 11.3 Å². The van der Waals surface area contributed by atoms with Gasteiger partial charge in [-0.15, -0.1) is 0 Å². The molecule has 0 saturated heterocycles. The molecule has 0 radical (unpaired) electrons. The third-order valence-corrected chi connectivity index (χ3v) is 2.08. The Labute approximate surface area is 79.7 Å². The SMILES string of the molecule is C=C(C)C(=O)OCC1CC(=O)C1(F)F. The molecular weight excluding hydrogens is 194 g/mol. The Kier molecular flexibility index (Phi) is 2.69. The minimum Gasteiger partial charge on any atom is -0.462 e. The highest BCUT2D eigenvalue weighted by molar-refractivity contribution is 5.92. The third-order valence-electron chi connectivity index (χ3n) is 2.08. The summed E-state index contributed by atoms with van der Waals surface area (Å²) in [6.07, 6.45) is -0.226. The van der Waals surface area contributed by atoms with Crippen LogP contribution in [0.5, 0.6) is 0 Å². The summed E-state index contributed by atoms with van der Waals surface area (Å²) in [5, 5.41) is 0. The molecule has 1 rings (SSSR count). The lowest BCUT2D eigenvalue weighted by Gasteiger charge is -2.33. The van der Waals surface area contributed by atoms with Crippen LogP contribution in [0.1, 0.15) is 13.3 Å². The Hall–Kier alpha value is -1.26. The Morgan fingerprint density at radius 1 is 1.71 bits per heavy atom. The van der Waals surface area contributed by atoms with Crippen LogP contribution < -0.4 is 0 Å². The van der Waals surface area contributed by atoms with E-state index >= 15 is 0 Å². The fraction of sp³-hybridized carbons (Fsp3) is 0.556. The molecule has 1 unspecified atom stereocenters. The van der Waals surface area contributed by atoms with E-state index in [0.29, 0.717) is 0 Å². The van der Waals surface area contributed by atoms with Crippen LogP contribution in [0.15, 0.2) is 12.2 Å². The molecule has 0 aromatic heterocycles. The maximum absolute atomic E-state index is 12.7. The predicted molar refractivity (Wildman–Crippen MR) is 43.8 cm³/mol. The number of alkyl halides is 2. The van der Waals surface area contributed by atoms with Crippen molar-refractivity contribution in [3.8, 4) is 0 Å². The number of esters is 1. The average Bonchev–Trinajstić information content (AvgIpc) is 2.11. The molecule has 0 aliphatic heterocycles. The van der Waals surface area contributed by atoms with E-state index in [4.69, 9.17) is 0 Å². The van der Waals surface area contributed by atoms with Crippen LogP contribution in [-0.4, -0.2) is 24.3 Å². The first-order valence-electron chi connectivity index (χ1n) is 4.09. The number of rotatable bonds is 3. The highest BCUT2D eigenvalue weighted by Gasteiger charge is 2.57. The van der Waals surface area contributed by atoms with Crippen molar-refractivity contribution in [1.82, 2.24) is 0 Å². The van der Waals surface area contributed by atoms with E-state index < -0.39 is 30.2 Å². The third kappa shape index (κ3) is 1.81. The zero-order valence-corrected chi connectivity index (χ0v) is 7.68. The second-order valence-corrected chi connectivity index (χ2v) is 3.33. The largest absolute Gasteiger partial charge is 0.462 e. The van der Waals surface area contributed by atoms with Gasteiger partial charge in [-0.3, -0.25) is 4.79 Å². The maximum atomic E-state index is 12.7. The Morgan fingerprint density at radius 3 is 2.64 bits per heavy atom. The van der Waals surface area contributed by atoms with Crippen molar-refractivity contribution < 1.29 is 23.1 Å². The summed E-state index contributed by atoms with van der Waals surface area (Å²) in [7, 11) is 0. The summed E-state index contributed by atoms with van der Waals surface area (Å²) in [5.41, 5.74) is 0.152. The number of carbonyl (C=O) groups excluding carboxylic acids is 2. The van der Waals surface area contributed by atoms with Gasteiger partial charge in [0.1, 0.15) is 6.61 Å². The maximum Gasteiger partial charge on any atom is 0.333 e. The number of Topliss-reactive ketones (excluding diaryl/α,β-unsaturated/α-hetero) is 1. The standard InChI is InChI=1S/C9H10F2O3/c1-5(2)8(13)14-4-6-3-7(12)9(6,10)11/h6H,1,3-4H2,2H3. The summed E-state index contributed by atoms with van der Waals surface area (Å²) in [6, 6.07) is 0. The van der Waals surface area contributed by atoms with Gasteiger partial charge in [0.25, 0.3) is 0 Å². The number of ketones is 1. The van der Waals surface area contributed by atoms with Crippen molar-refractivity contribution in [3.05, 3.63) is 12.2 Å². The van der Waals surface area contributed by atoms with Gasteiger partial charge in [-0.25, -0.2) is 4.79 Å². The predicted octanol–water partition coefficient (Wildman–Crippen LogP) is 1.33. The van der Waals surface area contributed by atoms with Crippen molar-refractivity contribution in [1.29, 1.82) is 0 Å². The molecule has 0 spiro atoms. The molecule has 0 amide bonds. The van der Waals surface area contributed by atoms with Crippen LogP contribution in [0.3, 0.4) is 0 Å². The molecular formula is C9H10F2O3. The topological polar surface area (TPSA) is 43.4 Å². The molecule has 5 heteroatoms. The van der Waals surface area contributed by atoms with Gasteiger partial charge in [0.2, 0.25) is 5.78 Å². The first-order chi connectivity index (χ1) is 6.35. The lowest BCUT2D eigenvalue weighted by molar-refractivity contribution is -0.182. The van der Waals surface area contributed by atoms with E-state index in [1.165, 1.54) is 6.92 Å².